The number of benzene rings is 1. The van der Waals surface area contributed by atoms with Crippen LogP contribution in [-0.4, -0.2) is 17.6 Å². The monoisotopic (exact) mass is 297 g/mol. The summed E-state index contributed by atoms with van der Waals surface area (Å²) in [7, 11) is 0. The fourth-order valence-electron chi connectivity index (χ4n) is 2.29. The van der Waals surface area contributed by atoms with Crippen molar-refractivity contribution >= 4 is 21.9 Å². The van der Waals surface area contributed by atoms with Gasteiger partial charge in [-0.2, -0.15) is 0 Å². The summed E-state index contributed by atoms with van der Waals surface area (Å²) in [5.41, 5.74) is 1.25. The first-order chi connectivity index (χ1) is 8.12. The zero-order chi connectivity index (χ0) is 12.3. The lowest BCUT2D eigenvalue weighted by Crippen LogP contribution is -2.48. The molecule has 4 heteroatoms. The van der Waals surface area contributed by atoms with Gasteiger partial charge in [0.2, 0.25) is 0 Å². The molecule has 17 heavy (non-hydrogen) atoms. The smallest absolute Gasteiger partial charge is 0.304 e. The largest absolute Gasteiger partial charge is 0.481 e. The molecular weight excluding hydrogens is 282 g/mol. The van der Waals surface area contributed by atoms with Crippen molar-refractivity contribution in [2.45, 2.75) is 31.2 Å². The molecule has 0 spiro atoms. The normalized spacial score (nSPS) is 17.5. The molecule has 1 aromatic carbocycles. The van der Waals surface area contributed by atoms with E-state index in [4.69, 9.17) is 5.11 Å². The molecule has 2 N–H and O–H groups in total. The second-order valence-electron chi connectivity index (χ2n) is 4.52. The van der Waals surface area contributed by atoms with Gasteiger partial charge in [0.1, 0.15) is 0 Å². The number of hydrogen-bond acceptors (Lipinski definition) is 2. The molecule has 0 saturated heterocycles. The van der Waals surface area contributed by atoms with Crippen molar-refractivity contribution in [2.24, 2.45) is 0 Å². The van der Waals surface area contributed by atoms with Crippen LogP contribution in [0.5, 0.6) is 0 Å². The molecule has 0 bridgehead atoms. The molecule has 3 nitrogen and oxygen atoms in total. The maximum Gasteiger partial charge on any atom is 0.304 e. The van der Waals surface area contributed by atoms with E-state index in [0.29, 0.717) is 6.54 Å². The summed E-state index contributed by atoms with van der Waals surface area (Å²) in [5, 5.41) is 12.1. The zero-order valence-electron chi connectivity index (χ0n) is 9.58. The van der Waals surface area contributed by atoms with Gasteiger partial charge in [-0.3, -0.25) is 4.79 Å². The van der Waals surface area contributed by atoms with Crippen LogP contribution < -0.4 is 5.32 Å². The average molecular weight is 298 g/mol. The molecule has 0 amide bonds. The predicted octanol–water partition coefficient (Wildman–Crippen LogP) is 2.89. The van der Waals surface area contributed by atoms with E-state index in [1.165, 1.54) is 12.0 Å². The number of rotatable bonds is 5. The first kappa shape index (κ1) is 12.6. The average Bonchev–Trinajstić information content (AvgIpc) is 2.21. The van der Waals surface area contributed by atoms with E-state index in [1.54, 1.807) is 0 Å². The van der Waals surface area contributed by atoms with Gasteiger partial charge in [0.25, 0.3) is 0 Å². The molecule has 1 aliphatic carbocycles. The van der Waals surface area contributed by atoms with Crippen LogP contribution in [0.15, 0.2) is 28.7 Å². The molecule has 92 valence electrons. The van der Waals surface area contributed by atoms with E-state index < -0.39 is 5.97 Å². The van der Waals surface area contributed by atoms with Crippen LogP contribution in [0.1, 0.15) is 31.2 Å². The molecule has 1 aromatic rings. The fraction of sp³-hybridized carbons (Fsp3) is 0.462. The van der Waals surface area contributed by atoms with Crippen molar-refractivity contribution in [3.63, 3.8) is 0 Å². The van der Waals surface area contributed by atoms with E-state index in [-0.39, 0.29) is 12.0 Å². The van der Waals surface area contributed by atoms with Gasteiger partial charge >= 0.3 is 5.97 Å². The minimum atomic E-state index is -0.749. The number of aliphatic carboxylic acids is 1. The lowest BCUT2D eigenvalue weighted by Gasteiger charge is -2.43. The van der Waals surface area contributed by atoms with Crippen LogP contribution in [0.4, 0.5) is 0 Å². The highest BCUT2D eigenvalue weighted by Gasteiger charge is 2.38. The molecule has 0 unspecified atom stereocenters. The molecule has 0 atom stereocenters. The Hall–Kier alpha value is -0.870. The van der Waals surface area contributed by atoms with Crippen molar-refractivity contribution < 1.29 is 9.90 Å². The second-order valence-corrected chi connectivity index (χ2v) is 5.43. The van der Waals surface area contributed by atoms with Gasteiger partial charge in [-0.15, -0.1) is 0 Å². The Labute approximate surface area is 109 Å². The molecule has 1 saturated carbocycles. The third-order valence-electron chi connectivity index (χ3n) is 3.39. The Morgan fingerprint density at radius 3 is 2.76 bits per heavy atom. The summed E-state index contributed by atoms with van der Waals surface area (Å²) >= 11 is 3.48. The SMILES string of the molecule is O=C(O)CCNC1(c2cccc(Br)c2)CCC1. The summed E-state index contributed by atoms with van der Waals surface area (Å²) in [6.45, 7) is 0.530. The van der Waals surface area contributed by atoms with Gasteiger partial charge in [0.05, 0.1) is 6.42 Å². The highest BCUT2D eigenvalue weighted by molar-refractivity contribution is 9.10. The Kier molecular flexibility index (Phi) is 3.84. The predicted molar refractivity (Wildman–Crippen MR) is 69.9 cm³/mol. The van der Waals surface area contributed by atoms with E-state index in [2.05, 4.69) is 33.4 Å². The highest BCUT2D eigenvalue weighted by atomic mass is 79.9. The first-order valence-electron chi connectivity index (χ1n) is 5.85. The van der Waals surface area contributed by atoms with E-state index in [1.807, 2.05) is 12.1 Å². The molecule has 0 aliphatic heterocycles. The Morgan fingerprint density at radius 1 is 1.47 bits per heavy atom. The fourth-order valence-corrected chi connectivity index (χ4v) is 2.69. The maximum atomic E-state index is 10.5. The minimum absolute atomic E-state index is 0.000764. The van der Waals surface area contributed by atoms with Crippen molar-refractivity contribution in [1.82, 2.24) is 5.32 Å². The number of carboxylic acids is 1. The third kappa shape index (κ3) is 2.87. The van der Waals surface area contributed by atoms with Crippen LogP contribution in [-0.2, 0) is 10.3 Å². The van der Waals surface area contributed by atoms with Crippen molar-refractivity contribution in [3.05, 3.63) is 34.3 Å². The van der Waals surface area contributed by atoms with E-state index in [0.717, 1.165) is 17.3 Å². The van der Waals surface area contributed by atoms with Crippen molar-refractivity contribution in [1.29, 1.82) is 0 Å². The maximum absolute atomic E-state index is 10.5. The molecule has 0 heterocycles. The van der Waals surface area contributed by atoms with Crippen LogP contribution in [0.2, 0.25) is 0 Å². The molecule has 0 aromatic heterocycles. The van der Waals surface area contributed by atoms with Gasteiger partial charge in [0, 0.05) is 16.6 Å². The first-order valence-corrected chi connectivity index (χ1v) is 6.65. The van der Waals surface area contributed by atoms with Gasteiger partial charge in [0.15, 0.2) is 0 Å². The Bertz CT molecular complexity index is 416. The molecule has 1 fully saturated rings. The Balaban J connectivity index is 2.06. The van der Waals surface area contributed by atoms with Gasteiger partial charge in [-0.1, -0.05) is 28.1 Å². The Morgan fingerprint density at radius 2 is 2.24 bits per heavy atom. The standard InChI is InChI=1S/C13H16BrNO2/c14-11-4-1-3-10(9-11)13(6-2-7-13)15-8-5-12(16)17/h1,3-4,9,15H,2,5-8H2,(H,16,17). The zero-order valence-corrected chi connectivity index (χ0v) is 11.2. The van der Waals surface area contributed by atoms with E-state index >= 15 is 0 Å². The van der Waals surface area contributed by atoms with Crippen LogP contribution >= 0.6 is 15.9 Å². The van der Waals surface area contributed by atoms with Crippen molar-refractivity contribution in [2.75, 3.05) is 6.54 Å². The quantitative estimate of drug-likeness (QED) is 0.879. The topological polar surface area (TPSA) is 49.3 Å². The summed E-state index contributed by atoms with van der Waals surface area (Å²) < 4.78 is 1.07. The summed E-state index contributed by atoms with van der Waals surface area (Å²) in [6.07, 6.45) is 3.55. The molecule has 1 aliphatic rings. The second kappa shape index (κ2) is 5.19. The lowest BCUT2D eigenvalue weighted by molar-refractivity contribution is -0.137. The van der Waals surface area contributed by atoms with Crippen molar-refractivity contribution in [3.8, 4) is 0 Å². The number of nitrogens with one attached hydrogen (secondary N) is 1. The summed E-state index contributed by atoms with van der Waals surface area (Å²) in [6, 6.07) is 8.26. The third-order valence-corrected chi connectivity index (χ3v) is 3.88. The number of hydrogen-bond donors (Lipinski definition) is 2. The summed E-state index contributed by atoms with van der Waals surface area (Å²) in [5.74, 6) is -0.749. The molecule has 2 rings (SSSR count). The number of carboxylic acid groups (broad SMARTS) is 1. The van der Waals surface area contributed by atoms with Crippen LogP contribution in [0, 0.1) is 0 Å². The van der Waals surface area contributed by atoms with Crippen LogP contribution in [0.3, 0.4) is 0 Å². The summed E-state index contributed by atoms with van der Waals surface area (Å²) in [4.78, 5) is 10.5. The number of carbonyl (C=O) groups is 1. The minimum Gasteiger partial charge on any atom is -0.481 e. The highest BCUT2D eigenvalue weighted by Crippen LogP contribution is 2.41. The van der Waals surface area contributed by atoms with Gasteiger partial charge < -0.3 is 10.4 Å². The van der Waals surface area contributed by atoms with Crippen LogP contribution in [0.25, 0.3) is 0 Å². The molecule has 0 radical (unpaired) electrons. The number of halogens is 1. The van der Waals surface area contributed by atoms with Gasteiger partial charge in [-0.25, -0.2) is 0 Å². The van der Waals surface area contributed by atoms with E-state index in [9.17, 15) is 4.79 Å². The molecular formula is C13H16BrNO2. The van der Waals surface area contributed by atoms with Gasteiger partial charge in [-0.05, 0) is 37.0 Å². The lowest BCUT2D eigenvalue weighted by atomic mass is 9.72.